The molecule has 0 amide bonds. The van der Waals surface area contributed by atoms with Gasteiger partial charge in [-0.15, -0.1) is 0 Å². The van der Waals surface area contributed by atoms with E-state index in [1.807, 2.05) is 10.7 Å². The Hall–Kier alpha value is -2.19. The van der Waals surface area contributed by atoms with E-state index >= 15 is 0 Å². The number of aryl methyl sites for hydroxylation is 1. The largest absolute Gasteiger partial charge is 0.390 e. The van der Waals surface area contributed by atoms with Gasteiger partial charge in [0.05, 0.1) is 18.0 Å². The first-order valence-electron chi connectivity index (χ1n) is 7.75. The van der Waals surface area contributed by atoms with Gasteiger partial charge in [-0.05, 0) is 18.9 Å². The standard InChI is InChI=1S/C15H21N5O3/c1-18-14(22)11(8-16-15(18)23)3-6-19-4-2-5-20-13(9-19)7-12(10-21)17-20/h7-8,21H,2-6,9-10H2,1H3,(H,16,23). The Balaban J connectivity index is 1.70. The van der Waals surface area contributed by atoms with Gasteiger partial charge >= 0.3 is 5.69 Å². The SMILES string of the molecule is Cn1c(=O)[nH]cc(CCN2CCCn3nc(CO)cc3C2)c1=O. The second-order valence-electron chi connectivity index (χ2n) is 5.87. The van der Waals surface area contributed by atoms with Gasteiger partial charge in [0.25, 0.3) is 5.56 Å². The molecule has 2 N–H and O–H groups in total. The van der Waals surface area contributed by atoms with Crippen molar-refractivity contribution in [2.75, 3.05) is 13.1 Å². The van der Waals surface area contributed by atoms with Crippen LogP contribution in [-0.2, 0) is 33.2 Å². The number of aromatic amines is 1. The maximum atomic E-state index is 12.1. The molecule has 3 rings (SSSR count). The molecule has 23 heavy (non-hydrogen) atoms. The molecule has 8 heteroatoms. The summed E-state index contributed by atoms with van der Waals surface area (Å²) in [6.45, 7) is 3.21. The first kappa shape index (κ1) is 15.7. The van der Waals surface area contributed by atoms with Crippen LogP contribution >= 0.6 is 0 Å². The fourth-order valence-electron chi connectivity index (χ4n) is 2.93. The number of aliphatic hydroxyl groups excluding tert-OH is 1. The van der Waals surface area contributed by atoms with Gasteiger partial charge in [-0.25, -0.2) is 4.79 Å². The zero-order chi connectivity index (χ0) is 16.4. The van der Waals surface area contributed by atoms with Crippen molar-refractivity contribution in [2.45, 2.75) is 32.5 Å². The van der Waals surface area contributed by atoms with Crippen molar-refractivity contribution in [3.8, 4) is 0 Å². The van der Waals surface area contributed by atoms with Gasteiger partial charge in [0, 0.05) is 45.0 Å². The molecule has 0 fully saturated rings. The van der Waals surface area contributed by atoms with Gasteiger partial charge in [0.1, 0.15) is 0 Å². The van der Waals surface area contributed by atoms with Crippen LogP contribution in [0.2, 0.25) is 0 Å². The van der Waals surface area contributed by atoms with Crippen molar-refractivity contribution in [1.82, 2.24) is 24.2 Å². The van der Waals surface area contributed by atoms with Crippen molar-refractivity contribution >= 4 is 0 Å². The number of nitrogens with one attached hydrogen (secondary N) is 1. The predicted octanol–water partition coefficient (Wildman–Crippen LogP) is -0.789. The summed E-state index contributed by atoms with van der Waals surface area (Å²) in [5, 5.41) is 13.6. The highest BCUT2D eigenvalue weighted by molar-refractivity contribution is 5.11. The van der Waals surface area contributed by atoms with Crippen LogP contribution in [0, 0.1) is 0 Å². The lowest BCUT2D eigenvalue weighted by atomic mass is 10.2. The molecule has 2 aromatic rings. The van der Waals surface area contributed by atoms with Crippen LogP contribution in [0.3, 0.4) is 0 Å². The van der Waals surface area contributed by atoms with Crippen molar-refractivity contribution in [1.29, 1.82) is 0 Å². The van der Waals surface area contributed by atoms with Crippen molar-refractivity contribution < 1.29 is 5.11 Å². The van der Waals surface area contributed by atoms with Crippen LogP contribution < -0.4 is 11.2 Å². The zero-order valence-corrected chi connectivity index (χ0v) is 13.2. The van der Waals surface area contributed by atoms with Crippen LogP contribution in [0.4, 0.5) is 0 Å². The molecule has 2 aromatic heterocycles. The van der Waals surface area contributed by atoms with Crippen LogP contribution in [-0.4, -0.2) is 42.4 Å². The highest BCUT2D eigenvalue weighted by Crippen LogP contribution is 2.14. The molecular formula is C15H21N5O3. The van der Waals surface area contributed by atoms with Crippen LogP contribution in [0.25, 0.3) is 0 Å². The van der Waals surface area contributed by atoms with Crippen molar-refractivity contribution in [3.05, 3.63) is 50.1 Å². The van der Waals surface area contributed by atoms with E-state index in [-0.39, 0.29) is 12.2 Å². The summed E-state index contributed by atoms with van der Waals surface area (Å²) < 4.78 is 3.05. The average Bonchev–Trinajstić information content (AvgIpc) is 2.84. The Bertz CT molecular complexity index is 804. The van der Waals surface area contributed by atoms with Gasteiger partial charge < -0.3 is 10.1 Å². The molecule has 0 saturated carbocycles. The number of aliphatic hydroxyl groups is 1. The minimum Gasteiger partial charge on any atom is -0.390 e. The Morgan fingerprint density at radius 3 is 2.96 bits per heavy atom. The lowest BCUT2D eigenvalue weighted by molar-refractivity contribution is 0.269. The normalized spacial score (nSPS) is 15.4. The van der Waals surface area contributed by atoms with Crippen LogP contribution in [0.15, 0.2) is 21.9 Å². The van der Waals surface area contributed by atoms with Gasteiger partial charge in [0.15, 0.2) is 0 Å². The fraction of sp³-hybridized carbons (Fsp3) is 0.533. The molecule has 0 atom stereocenters. The molecule has 0 aromatic carbocycles. The third-order valence-electron chi connectivity index (χ3n) is 4.26. The number of rotatable bonds is 4. The maximum absolute atomic E-state index is 12.1. The Morgan fingerprint density at radius 2 is 2.17 bits per heavy atom. The molecule has 1 aliphatic heterocycles. The number of H-pyrrole nitrogens is 1. The Kier molecular flexibility index (Phi) is 4.44. The minimum atomic E-state index is -0.394. The number of fused-ring (bicyclic) bond motifs is 1. The minimum absolute atomic E-state index is 0.0482. The topological polar surface area (TPSA) is 96.2 Å². The van der Waals surface area contributed by atoms with E-state index in [2.05, 4.69) is 15.0 Å². The summed E-state index contributed by atoms with van der Waals surface area (Å²) in [4.78, 5) is 28.3. The number of nitrogens with zero attached hydrogens (tertiary/aromatic N) is 4. The molecule has 0 aliphatic carbocycles. The van der Waals surface area contributed by atoms with E-state index in [0.29, 0.717) is 17.7 Å². The molecule has 3 heterocycles. The van der Waals surface area contributed by atoms with Crippen molar-refractivity contribution in [3.63, 3.8) is 0 Å². The molecule has 0 saturated heterocycles. The second kappa shape index (κ2) is 6.51. The molecule has 0 bridgehead atoms. The quantitative estimate of drug-likeness (QED) is 0.770. The van der Waals surface area contributed by atoms with E-state index in [1.54, 1.807) is 0 Å². The molecule has 1 aliphatic rings. The third-order valence-corrected chi connectivity index (χ3v) is 4.26. The van der Waals surface area contributed by atoms with E-state index < -0.39 is 5.69 Å². The lowest BCUT2D eigenvalue weighted by Crippen LogP contribution is -2.35. The summed E-state index contributed by atoms with van der Waals surface area (Å²) >= 11 is 0. The van der Waals surface area contributed by atoms with Gasteiger partial charge in [-0.3, -0.25) is 18.9 Å². The predicted molar refractivity (Wildman–Crippen MR) is 84.1 cm³/mol. The van der Waals surface area contributed by atoms with Crippen molar-refractivity contribution in [2.24, 2.45) is 7.05 Å². The summed E-state index contributed by atoms with van der Waals surface area (Å²) in [7, 11) is 1.48. The monoisotopic (exact) mass is 319 g/mol. The van der Waals surface area contributed by atoms with Gasteiger partial charge in [0.2, 0.25) is 0 Å². The Morgan fingerprint density at radius 1 is 1.35 bits per heavy atom. The molecule has 0 spiro atoms. The van der Waals surface area contributed by atoms with Crippen LogP contribution in [0.1, 0.15) is 23.4 Å². The van der Waals surface area contributed by atoms with E-state index in [1.165, 1.54) is 13.2 Å². The van der Waals surface area contributed by atoms with Crippen LogP contribution in [0.5, 0.6) is 0 Å². The third kappa shape index (κ3) is 3.27. The molecular weight excluding hydrogens is 298 g/mol. The highest BCUT2D eigenvalue weighted by atomic mass is 16.3. The first-order valence-corrected chi connectivity index (χ1v) is 7.75. The van der Waals surface area contributed by atoms with E-state index in [0.717, 1.165) is 42.9 Å². The average molecular weight is 319 g/mol. The van der Waals surface area contributed by atoms with E-state index in [9.17, 15) is 14.7 Å². The zero-order valence-electron chi connectivity index (χ0n) is 13.2. The summed E-state index contributed by atoms with van der Waals surface area (Å²) in [6.07, 6.45) is 3.07. The second-order valence-corrected chi connectivity index (χ2v) is 5.87. The Labute approximate surface area is 133 Å². The molecule has 0 unspecified atom stereocenters. The van der Waals surface area contributed by atoms with Gasteiger partial charge in [-0.1, -0.05) is 0 Å². The summed E-state index contributed by atoms with van der Waals surface area (Å²) in [5.74, 6) is 0. The van der Waals surface area contributed by atoms with E-state index in [4.69, 9.17) is 0 Å². The fourth-order valence-corrected chi connectivity index (χ4v) is 2.93. The molecule has 0 radical (unpaired) electrons. The highest BCUT2D eigenvalue weighted by Gasteiger charge is 2.17. The number of hydrogen-bond acceptors (Lipinski definition) is 5. The molecule has 124 valence electrons. The smallest absolute Gasteiger partial charge is 0.328 e. The summed E-state index contributed by atoms with van der Waals surface area (Å²) in [6, 6.07) is 1.93. The first-order chi connectivity index (χ1) is 11.1. The maximum Gasteiger partial charge on any atom is 0.328 e. The summed E-state index contributed by atoms with van der Waals surface area (Å²) in [5.41, 5.74) is 1.75. The number of hydrogen-bond donors (Lipinski definition) is 2. The number of aromatic nitrogens is 4. The lowest BCUT2D eigenvalue weighted by Gasteiger charge is -2.19. The van der Waals surface area contributed by atoms with Gasteiger partial charge in [-0.2, -0.15) is 5.10 Å². The molecule has 8 nitrogen and oxygen atoms in total.